The summed E-state index contributed by atoms with van der Waals surface area (Å²) >= 11 is 0. The van der Waals surface area contributed by atoms with Gasteiger partial charge in [-0.15, -0.1) is 0 Å². The Labute approximate surface area is 127 Å². The van der Waals surface area contributed by atoms with Gasteiger partial charge in [0.1, 0.15) is 5.82 Å². The maximum Gasteiger partial charge on any atom is 0.129 e. The van der Waals surface area contributed by atoms with E-state index < -0.39 is 0 Å². The van der Waals surface area contributed by atoms with Gasteiger partial charge >= 0.3 is 0 Å². The van der Waals surface area contributed by atoms with E-state index in [-0.39, 0.29) is 0 Å². The molecule has 4 heteroatoms. The molecule has 0 fully saturated rings. The zero-order valence-electron chi connectivity index (χ0n) is 13.2. The van der Waals surface area contributed by atoms with Crippen molar-refractivity contribution in [3.8, 4) is 0 Å². The molecule has 0 aliphatic rings. The highest BCUT2D eigenvalue weighted by Crippen LogP contribution is 2.23. The lowest BCUT2D eigenvalue weighted by Crippen LogP contribution is -2.28. The fraction of sp³-hybridized carbons (Fsp3) is 0.471. The fourth-order valence-corrected chi connectivity index (χ4v) is 2.48. The number of benzene rings is 1. The van der Waals surface area contributed by atoms with Gasteiger partial charge in [0.25, 0.3) is 0 Å². The second-order valence-corrected chi connectivity index (χ2v) is 4.96. The normalized spacial score (nSPS) is 11.0. The van der Waals surface area contributed by atoms with Crippen LogP contribution in [-0.4, -0.2) is 38.3 Å². The average molecular weight is 287 g/mol. The van der Waals surface area contributed by atoms with Crippen molar-refractivity contribution in [2.24, 2.45) is 0 Å². The third kappa shape index (κ3) is 3.93. The van der Waals surface area contributed by atoms with Gasteiger partial charge in [0.15, 0.2) is 0 Å². The quantitative estimate of drug-likeness (QED) is 0.758. The predicted molar refractivity (Wildman–Crippen MR) is 88.9 cm³/mol. The van der Waals surface area contributed by atoms with Crippen LogP contribution < -0.4 is 10.2 Å². The number of hydrogen-bond donors (Lipinski definition) is 1. The minimum atomic E-state index is 0.736. The molecule has 0 bridgehead atoms. The van der Waals surface area contributed by atoms with Crippen LogP contribution in [0.3, 0.4) is 0 Å². The van der Waals surface area contributed by atoms with Crippen molar-refractivity contribution < 1.29 is 4.74 Å². The molecule has 114 valence electrons. The Balaban J connectivity index is 2.33. The number of para-hydroxylation sites is 1. The Bertz CT molecular complexity index is 571. The summed E-state index contributed by atoms with van der Waals surface area (Å²) in [5.74, 6) is 1.03. The first-order valence-electron chi connectivity index (χ1n) is 7.66. The van der Waals surface area contributed by atoms with E-state index in [1.54, 1.807) is 0 Å². The third-order valence-corrected chi connectivity index (χ3v) is 3.57. The molecule has 0 saturated heterocycles. The van der Waals surface area contributed by atoms with Crippen molar-refractivity contribution in [2.75, 3.05) is 38.3 Å². The molecule has 0 radical (unpaired) electrons. The molecule has 0 aliphatic carbocycles. The minimum absolute atomic E-state index is 0.736. The van der Waals surface area contributed by atoms with Crippen LogP contribution in [0.4, 0.5) is 5.82 Å². The monoisotopic (exact) mass is 287 g/mol. The number of anilines is 1. The third-order valence-electron chi connectivity index (χ3n) is 3.57. The van der Waals surface area contributed by atoms with Crippen LogP contribution in [0, 0.1) is 0 Å². The van der Waals surface area contributed by atoms with Crippen molar-refractivity contribution in [2.45, 2.75) is 20.4 Å². The second-order valence-electron chi connectivity index (χ2n) is 4.96. The zero-order chi connectivity index (χ0) is 15.1. The highest BCUT2D eigenvalue weighted by Gasteiger charge is 2.10. The zero-order valence-corrected chi connectivity index (χ0v) is 13.2. The summed E-state index contributed by atoms with van der Waals surface area (Å²) in [6.07, 6.45) is 0. The molecule has 0 amide bonds. The van der Waals surface area contributed by atoms with Crippen LogP contribution in [0.5, 0.6) is 0 Å². The van der Waals surface area contributed by atoms with E-state index in [9.17, 15) is 0 Å². The Morgan fingerprint density at radius 1 is 1.24 bits per heavy atom. The van der Waals surface area contributed by atoms with Gasteiger partial charge in [0.2, 0.25) is 0 Å². The number of likely N-dealkylation sites (N-methyl/N-ethyl adjacent to an activating group) is 1. The average Bonchev–Trinajstić information content (AvgIpc) is 2.52. The molecule has 0 aliphatic heterocycles. The number of nitrogens with zero attached hydrogens (tertiary/aromatic N) is 2. The van der Waals surface area contributed by atoms with Gasteiger partial charge in [-0.3, -0.25) is 0 Å². The standard InChI is InChI=1S/C17H25N3O/c1-4-20(10-11-21-5-2)17-12-14(13-18-3)15-8-6-7-9-16(15)19-17/h6-9,12,18H,4-5,10-11,13H2,1-3H3. The lowest BCUT2D eigenvalue weighted by Gasteiger charge is -2.23. The van der Waals surface area contributed by atoms with E-state index >= 15 is 0 Å². The lowest BCUT2D eigenvalue weighted by atomic mass is 10.1. The number of aromatic nitrogens is 1. The van der Waals surface area contributed by atoms with E-state index in [1.165, 1.54) is 10.9 Å². The summed E-state index contributed by atoms with van der Waals surface area (Å²) < 4.78 is 5.47. The van der Waals surface area contributed by atoms with Gasteiger partial charge < -0.3 is 15.0 Å². The van der Waals surface area contributed by atoms with E-state index in [2.05, 4.69) is 41.4 Å². The van der Waals surface area contributed by atoms with Crippen LogP contribution in [0.1, 0.15) is 19.4 Å². The van der Waals surface area contributed by atoms with Crippen LogP contribution in [0.15, 0.2) is 30.3 Å². The second kappa shape index (κ2) is 7.96. The van der Waals surface area contributed by atoms with Crippen molar-refractivity contribution in [3.63, 3.8) is 0 Å². The number of rotatable bonds is 8. The Kier molecular flexibility index (Phi) is 5.96. The summed E-state index contributed by atoms with van der Waals surface area (Å²) in [4.78, 5) is 7.08. The first-order valence-corrected chi connectivity index (χ1v) is 7.66. The summed E-state index contributed by atoms with van der Waals surface area (Å²) in [6, 6.07) is 10.5. The lowest BCUT2D eigenvalue weighted by molar-refractivity contribution is 0.154. The van der Waals surface area contributed by atoms with E-state index in [1.807, 2.05) is 20.0 Å². The van der Waals surface area contributed by atoms with Gasteiger partial charge in [-0.1, -0.05) is 18.2 Å². The first kappa shape index (κ1) is 15.7. The summed E-state index contributed by atoms with van der Waals surface area (Å²) in [5, 5.41) is 4.46. The van der Waals surface area contributed by atoms with Gasteiger partial charge in [0, 0.05) is 31.6 Å². The van der Waals surface area contributed by atoms with Crippen LogP contribution in [-0.2, 0) is 11.3 Å². The van der Waals surface area contributed by atoms with Crippen molar-refractivity contribution in [1.29, 1.82) is 0 Å². The van der Waals surface area contributed by atoms with Crippen molar-refractivity contribution in [3.05, 3.63) is 35.9 Å². The van der Waals surface area contributed by atoms with Gasteiger partial charge in [-0.05, 0) is 38.6 Å². The molecule has 4 nitrogen and oxygen atoms in total. The topological polar surface area (TPSA) is 37.4 Å². The molecular formula is C17H25N3O. The van der Waals surface area contributed by atoms with Crippen LogP contribution in [0.25, 0.3) is 10.9 Å². The smallest absolute Gasteiger partial charge is 0.129 e. The van der Waals surface area contributed by atoms with Crippen LogP contribution >= 0.6 is 0 Å². The molecule has 2 rings (SSSR count). The molecule has 0 unspecified atom stereocenters. The molecule has 1 heterocycles. The SMILES string of the molecule is CCOCCN(CC)c1cc(CNC)c2ccccc2n1. The number of nitrogens with one attached hydrogen (secondary N) is 1. The van der Waals surface area contributed by atoms with Gasteiger partial charge in [-0.2, -0.15) is 0 Å². The number of pyridine rings is 1. The fourth-order valence-electron chi connectivity index (χ4n) is 2.48. The van der Waals surface area contributed by atoms with Crippen molar-refractivity contribution >= 4 is 16.7 Å². The van der Waals surface area contributed by atoms with Crippen LogP contribution in [0.2, 0.25) is 0 Å². The molecule has 21 heavy (non-hydrogen) atoms. The summed E-state index contributed by atoms with van der Waals surface area (Å²) in [5.41, 5.74) is 2.34. The maximum atomic E-state index is 5.47. The van der Waals surface area contributed by atoms with Crippen molar-refractivity contribution in [1.82, 2.24) is 10.3 Å². The molecule has 1 aromatic heterocycles. The molecule has 0 saturated carbocycles. The Morgan fingerprint density at radius 3 is 2.76 bits per heavy atom. The first-order chi connectivity index (χ1) is 10.3. The molecule has 1 N–H and O–H groups in total. The molecule has 2 aromatic rings. The van der Waals surface area contributed by atoms with Gasteiger partial charge in [0.05, 0.1) is 12.1 Å². The number of hydrogen-bond acceptors (Lipinski definition) is 4. The predicted octanol–water partition coefficient (Wildman–Crippen LogP) is 2.82. The van der Waals surface area contributed by atoms with Gasteiger partial charge in [-0.25, -0.2) is 4.98 Å². The minimum Gasteiger partial charge on any atom is -0.380 e. The molecular weight excluding hydrogens is 262 g/mol. The molecule has 1 aromatic carbocycles. The highest BCUT2D eigenvalue weighted by molar-refractivity contribution is 5.84. The van der Waals surface area contributed by atoms with E-state index in [0.29, 0.717) is 0 Å². The number of fused-ring (bicyclic) bond motifs is 1. The largest absolute Gasteiger partial charge is 0.380 e. The Hall–Kier alpha value is -1.65. The molecule has 0 spiro atoms. The Morgan fingerprint density at radius 2 is 2.05 bits per heavy atom. The van der Waals surface area contributed by atoms with E-state index in [4.69, 9.17) is 9.72 Å². The molecule has 0 atom stereocenters. The number of ether oxygens (including phenoxy) is 1. The summed E-state index contributed by atoms with van der Waals surface area (Å²) in [7, 11) is 1.97. The highest BCUT2D eigenvalue weighted by atomic mass is 16.5. The van der Waals surface area contributed by atoms with E-state index in [0.717, 1.165) is 44.2 Å². The summed E-state index contributed by atoms with van der Waals surface area (Å²) in [6.45, 7) is 8.31. The maximum absolute atomic E-state index is 5.47.